The summed E-state index contributed by atoms with van der Waals surface area (Å²) in [5.74, 6) is -1.77. The Balaban J connectivity index is 1.52. The van der Waals surface area contributed by atoms with Gasteiger partial charge in [0.25, 0.3) is 5.69 Å². The Bertz CT molecular complexity index is 1780. The number of nitro groups is 1. The molecule has 3 atom stereocenters. The zero-order valence-corrected chi connectivity index (χ0v) is 23.0. The summed E-state index contributed by atoms with van der Waals surface area (Å²) in [4.78, 5) is 56.5. The lowest BCUT2D eigenvalue weighted by Crippen LogP contribution is -2.48. The van der Waals surface area contributed by atoms with E-state index in [2.05, 4.69) is 15.9 Å². The number of halogens is 1. The molecule has 0 saturated carbocycles. The summed E-state index contributed by atoms with van der Waals surface area (Å²) in [6.07, 6.45) is 3.79. The van der Waals surface area contributed by atoms with Gasteiger partial charge in [0.1, 0.15) is 11.5 Å². The van der Waals surface area contributed by atoms with Crippen molar-refractivity contribution in [3.8, 4) is 0 Å². The first-order chi connectivity index (χ1) is 19.8. The van der Waals surface area contributed by atoms with Crippen molar-refractivity contribution in [3.63, 3.8) is 0 Å². The van der Waals surface area contributed by atoms with E-state index in [0.717, 1.165) is 15.7 Å². The van der Waals surface area contributed by atoms with Crippen LogP contribution in [0.4, 0.5) is 11.4 Å². The van der Waals surface area contributed by atoms with E-state index in [9.17, 15) is 24.5 Å². The molecule has 1 saturated heterocycles. The molecule has 0 amide bonds. The maximum absolute atomic E-state index is 14.6. The van der Waals surface area contributed by atoms with Crippen LogP contribution in [-0.4, -0.2) is 34.4 Å². The first-order valence-corrected chi connectivity index (χ1v) is 13.9. The number of rotatable bonds is 4. The minimum absolute atomic E-state index is 0.130. The predicted molar refractivity (Wildman–Crippen MR) is 157 cm³/mol. The van der Waals surface area contributed by atoms with Crippen LogP contribution in [0, 0.1) is 15.5 Å². The molecule has 1 fully saturated rings. The highest BCUT2D eigenvalue weighted by Gasteiger charge is 2.71. The molecular formula is C33H21BrN2O5. The zero-order valence-electron chi connectivity index (χ0n) is 21.4. The van der Waals surface area contributed by atoms with Gasteiger partial charge in [-0.2, -0.15) is 0 Å². The highest BCUT2D eigenvalue weighted by molar-refractivity contribution is 9.10. The van der Waals surface area contributed by atoms with Gasteiger partial charge >= 0.3 is 0 Å². The van der Waals surface area contributed by atoms with Crippen LogP contribution in [0.2, 0.25) is 0 Å². The number of fused-ring (bicyclic) bond motifs is 5. The quantitative estimate of drug-likeness (QED) is 0.112. The van der Waals surface area contributed by atoms with Crippen LogP contribution in [0.5, 0.6) is 0 Å². The summed E-state index contributed by atoms with van der Waals surface area (Å²) in [6.45, 7) is 0. The number of para-hydroxylation sites is 1. The second-order valence-electron chi connectivity index (χ2n) is 10.5. The molecule has 7 nitrogen and oxygen atoms in total. The summed E-state index contributed by atoms with van der Waals surface area (Å²) in [6, 6.07) is 25.6. The molecular weight excluding hydrogens is 584 g/mol. The van der Waals surface area contributed by atoms with Crippen molar-refractivity contribution >= 4 is 50.7 Å². The van der Waals surface area contributed by atoms with Crippen molar-refractivity contribution in [3.05, 3.63) is 146 Å². The molecule has 1 spiro atoms. The van der Waals surface area contributed by atoms with E-state index in [-0.39, 0.29) is 28.6 Å². The molecule has 3 aliphatic rings. The van der Waals surface area contributed by atoms with E-state index in [1.807, 2.05) is 65.6 Å². The van der Waals surface area contributed by atoms with Gasteiger partial charge in [0.15, 0.2) is 17.3 Å². The Morgan fingerprint density at radius 1 is 0.829 bits per heavy atom. The van der Waals surface area contributed by atoms with Crippen molar-refractivity contribution in [1.82, 2.24) is 0 Å². The fourth-order valence-electron chi connectivity index (χ4n) is 6.88. The molecule has 0 aromatic heterocycles. The average Bonchev–Trinajstić information content (AvgIpc) is 3.43. The summed E-state index contributed by atoms with van der Waals surface area (Å²) in [5, 5.41) is 11.3. The monoisotopic (exact) mass is 604 g/mol. The topological polar surface area (TPSA) is 97.6 Å². The molecule has 41 heavy (non-hydrogen) atoms. The Morgan fingerprint density at radius 3 is 2.07 bits per heavy atom. The molecule has 2 aliphatic heterocycles. The number of hydrogen-bond acceptors (Lipinski definition) is 6. The van der Waals surface area contributed by atoms with Crippen LogP contribution < -0.4 is 4.90 Å². The SMILES string of the molecule is O=C(c1ccc([N+](=O)[O-])cc1)[C@H]1[C@H](c2ccc(Br)cc2)C2(C(=O)c3ccccc3C2=O)[C@H]2C=Cc3ccccc3N12. The Morgan fingerprint density at radius 2 is 1.44 bits per heavy atom. The van der Waals surface area contributed by atoms with E-state index in [1.54, 1.807) is 24.3 Å². The summed E-state index contributed by atoms with van der Waals surface area (Å²) in [7, 11) is 0. The summed E-state index contributed by atoms with van der Waals surface area (Å²) < 4.78 is 0.821. The second kappa shape index (κ2) is 9.17. The number of ketones is 3. The molecule has 4 aromatic carbocycles. The lowest BCUT2D eigenvalue weighted by Gasteiger charge is -2.37. The van der Waals surface area contributed by atoms with Crippen LogP contribution in [0.1, 0.15) is 48.1 Å². The number of carbonyl (C=O) groups is 3. The first-order valence-electron chi connectivity index (χ1n) is 13.1. The van der Waals surface area contributed by atoms with Gasteiger partial charge in [0.2, 0.25) is 0 Å². The van der Waals surface area contributed by atoms with Gasteiger partial charge in [-0.3, -0.25) is 24.5 Å². The lowest BCUT2D eigenvalue weighted by molar-refractivity contribution is -0.384. The Kier molecular flexibility index (Phi) is 5.66. The number of nitrogens with zero attached hydrogens (tertiary/aromatic N) is 2. The Hall–Kier alpha value is -4.69. The first kappa shape index (κ1) is 25.3. The number of anilines is 1. The predicted octanol–water partition coefficient (Wildman–Crippen LogP) is 6.67. The smallest absolute Gasteiger partial charge is 0.269 e. The third kappa shape index (κ3) is 3.47. The number of Topliss-reactive ketones (excluding diaryl/α,β-unsaturated/α-hetero) is 3. The molecule has 4 aromatic rings. The van der Waals surface area contributed by atoms with Gasteiger partial charge in [-0.05, 0) is 41.5 Å². The van der Waals surface area contributed by atoms with Crippen LogP contribution in [-0.2, 0) is 0 Å². The molecule has 0 unspecified atom stereocenters. The molecule has 200 valence electrons. The standard InChI is InChI=1S/C33H21BrN2O5/c34-22-14-9-20(10-15-22)28-29(30(37)21-11-16-23(17-12-21)36(40)41)35-26-8-4-1-5-19(26)13-18-27(35)33(28)31(38)24-6-2-3-7-25(24)32(33)39/h1-18,27-29H/t27-,28+,29-/m1/s1. The van der Waals surface area contributed by atoms with Gasteiger partial charge in [0.05, 0.1) is 11.0 Å². The maximum atomic E-state index is 14.6. The number of benzene rings is 4. The van der Waals surface area contributed by atoms with E-state index in [1.165, 1.54) is 24.3 Å². The van der Waals surface area contributed by atoms with E-state index < -0.39 is 28.3 Å². The van der Waals surface area contributed by atoms with Crippen molar-refractivity contribution in [2.24, 2.45) is 5.41 Å². The van der Waals surface area contributed by atoms with Crippen molar-refractivity contribution in [2.75, 3.05) is 4.90 Å². The molecule has 0 bridgehead atoms. The molecule has 8 heteroatoms. The zero-order chi connectivity index (χ0) is 28.5. The molecule has 2 heterocycles. The second-order valence-corrected chi connectivity index (χ2v) is 11.4. The van der Waals surface area contributed by atoms with Crippen LogP contribution in [0.3, 0.4) is 0 Å². The van der Waals surface area contributed by atoms with Gasteiger partial charge < -0.3 is 4.90 Å². The number of hydrogen-bond donors (Lipinski definition) is 0. The summed E-state index contributed by atoms with van der Waals surface area (Å²) in [5.41, 5.74) is 1.55. The van der Waals surface area contributed by atoms with Gasteiger partial charge in [-0.15, -0.1) is 0 Å². The molecule has 0 radical (unpaired) electrons. The largest absolute Gasteiger partial charge is 0.352 e. The minimum atomic E-state index is -1.59. The van der Waals surface area contributed by atoms with Crippen molar-refractivity contribution in [1.29, 1.82) is 0 Å². The number of non-ortho nitro benzene ring substituents is 1. The molecule has 7 rings (SSSR count). The fourth-order valence-corrected chi connectivity index (χ4v) is 7.14. The van der Waals surface area contributed by atoms with E-state index in [0.29, 0.717) is 16.7 Å². The lowest BCUT2D eigenvalue weighted by atomic mass is 9.64. The molecule has 0 N–H and O–H groups in total. The normalized spacial score (nSPS) is 21.5. The van der Waals surface area contributed by atoms with Gasteiger partial charge in [0, 0.05) is 44.9 Å². The maximum Gasteiger partial charge on any atom is 0.269 e. The van der Waals surface area contributed by atoms with E-state index in [4.69, 9.17) is 0 Å². The fraction of sp³-hybridized carbons (Fsp3) is 0.121. The summed E-state index contributed by atoms with van der Waals surface area (Å²) >= 11 is 3.48. The average molecular weight is 605 g/mol. The van der Waals surface area contributed by atoms with Gasteiger partial charge in [-0.25, -0.2) is 0 Å². The van der Waals surface area contributed by atoms with Crippen molar-refractivity contribution < 1.29 is 19.3 Å². The Labute approximate surface area is 243 Å². The third-order valence-electron chi connectivity index (χ3n) is 8.57. The highest BCUT2D eigenvalue weighted by Crippen LogP contribution is 2.61. The van der Waals surface area contributed by atoms with Crippen LogP contribution >= 0.6 is 15.9 Å². The third-order valence-corrected chi connectivity index (χ3v) is 9.10. The van der Waals surface area contributed by atoms with Crippen LogP contribution in [0.15, 0.2) is 108 Å². The minimum Gasteiger partial charge on any atom is -0.352 e. The van der Waals surface area contributed by atoms with E-state index >= 15 is 0 Å². The highest BCUT2D eigenvalue weighted by atomic mass is 79.9. The van der Waals surface area contributed by atoms with Crippen molar-refractivity contribution in [2.45, 2.75) is 18.0 Å². The number of carbonyl (C=O) groups excluding carboxylic acids is 3. The number of nitro benzene ring substituents is 1. The van der Waals surface area contributed by atoms with Gasteiger partial charge in [-0.1, -0.05) is 82.7 Å². The molecule has 1 aliphatic carbocycles. The van der Waals surface area contributed by atoms with Crippen LogP contribution in [0.25, 0.3) is 6.08 Å².